The average molecular weight is 436 g/mol. The number of hydrogen-bond acceptors (Lipinski definition) is 6. The van der Waals surface area contributed by atoms with Crippen molar-refractivity contribution < 1.29 is 17.6 Å². The molecule has 1 aromatic carbocycles. The van der Waals surface area contributed by atoms with Gasteiger partial charge in [-0.1, -0.05) is 0 Å². The van der Waals surface area contributed by atoms with Gasteiger partial charge in [0, 0.05) is 37.9 Å². The van der Waals surface area contributed by atoms with E-state index in [0.717, 1.165) is 37.6 Å². The Morgan fingerprint density at radius 3 is 2.53 bits per heavy atom. The molecular formula is C20H26FN5O3S. The first kappa shape index (κ1) is 20.8. The smallest absolute Gasteiger partial charge is 0.239 e. The van der Waals surface area contributed by atoms with Gasteiger partial charge in [-0.15, -0.1) is 0 Å². The molecule has 0 radical (unpaired) electrons. The minimum absolute atomic E-state index is 0.0579. The van der Waals surface area contributed by atoms with Gasteiger partial charge in [0.05, 0.1) is 29.8 Å². The standard InChI is InChI=1S/C20H26FN5O3S/c1-15-12-19(26(23-15)18-6-11-30(28,29)14-18)22-20(27)13-24-7-9-25(10-8-24)17-4-2-16(21)3-5-17/h2-5,12,18H,6-11,13-14H2,1H3,(H,22,27). The predicted molar refractivity (Wildman–Crippen MR) is 113 cm³/mol. The van der Waals surface area contributed by atoms with Gasteiger partial charge in [-0.2, -0.15) is 5.10 Å². The second-order valence-electron chi connectivity index (χ2n) is 7.96. The SMILES string of the molecule is Cc1cc(NC(=O)CN2CCN(c3ccc(F)cc3)CC2)n(C2CCS(=O)(=O)C2)n1. The lowest BCUT2D eigenvalue weighted by Crippen LogP contribution is -2.48. The van der Waals surface area contributed by atoms with E-state index in [2.05, 4.69) is 20.2 Å². The first-order valence-corrected chi connectivity index (χ1v) is 11.9. The monoisotopic (exact) mass is 435 g/mol. The molecule has 1 N–H and O–H groups in total. The van der Waals surface area contributed by atoms with E-state index in [4.69, 9.17) is 0 Å². The molecule has 0 aliphatic carbocycles. The molecule has 3 heterocycles. The number of nitrogens with one attached hydrogen (secondary N) is 1. The number of aromatic nitrogens is 2. The van der Waals surface area contributed by atoms with E-state index in [0.29, 0.717) is 12.2 Å². The van der Waals surface area contributed by atoms with E-state index in [1.807, 2.05) is 6.92 Å². The molecule has 2 aliphatic heterocycles. The predicted octanol–water partition coefficient (Wildman–Crippen LogP) is 1.45. The zero-order chi connectivity index (χ0) is 21.3. The average Bonchev–Trinajstić information content (AvgIpc) is 3.24. The summed E-state index contributed by atoms with van der Waals surface area (Å²) in [4.78, 5) is 16.9. The fraction of sp³-hybridized carbons (Fsp3) is 0.500. The fourth-order valence-corrected chi connectivity index (χ4v) is 5.75. The molecule has 8 nitrogen and oxygen atoms in total. The summed E-state index contributed by atoms with van der Waals surface area (Å²) in [6.45, 7) is 5.05. The third-order valence-electron chi connectivity index (χ3n) is 5.61. The largest absolute Gasteiger partial charge is 0.369 e. The molecule has 1 amide bonds. The van der Waals surface area contributed by atoms with E-state index in [9.17, 15) is 17.6 Å². The first-order chi connectivity index (χ1) is 14.3. The van der Waals surface area contributed by atoms with Crippen molar-refractivity contribution in [3.05, 3.63) is 41.8 Å². The third-order valence-corrected chi connectivity index (χ3v) is 7.36. The van der Waals surface area contributed by atoms with Crippen LogP contribution >= 0.6 is 0 Å². The Labute approximate surface area is 175 Å². The normalized spacial score (nSPS) is 21.7. The van der Waals surface area contributed by atoms with Crippen LogP contribution in [0.1, 0.15) is 18.2 Å². The summed E-state index contributed by atoms with van der Waals surface area (Å²) in [5.74, 6) is 0.362. The van der Waals surface area contributed by atoms with Gasteiger partial charge in [-0.05, 0) is 37.6 Å². The van der Waals surface area contributed by atoms with Crippen molar-refractivity contribution in [3.63, 3.8) is 0 Å². The van der Waals surface area contributed by atoms with E-state index in [1.165, 1.54) is 12.1 Å². The van der Waals surface area contributed by atoms with Crippen molar-refractivity contribution >= 4 is 27.2 Å². The zero-order valence-corrected chi connectivity index (χ0v) is 17.7. The highest BCUT2D eigenvalue weighted by Crippen LogP contribution is 2.27. The lowest BCUT2D eigenvalue weighted by atomic mass is 10.2. The number of carbonyl (C=O) groups excluding carboxylic acids is 1. The van der Waals surface area contributed by atoms with Gasteiger partial charge >= 0.3 is 0 Å². The molecule has 10 heteroatoms. The highest BCUT2D eigenvalue weighted by atomic mass is 32.2. The maximum absolute atomic E-state index is 13.1. The lowest BCUT2D eigenvalue weighted by Gasteiger charge is -2.35. The molecule has 0 spiro atoms. The first-order valence-electron chi connectivity index (χ1n) is 10.1. The molecule has 1 unspecified atom stereocenters. The highest BCUT2D eigenvalue weighted by molar-refractivity contribution is 7.91. The van der Waals surface area contributed by atoms with Crippen LogP contribution < -0.4 is 10.2 Å². The van der Waals surface area contributed by atoms with Crippen molar-refractivity contribution in [1.29, 1.82) is 0 Å². The topological polar surface area (TPSA) is 87.5 Å². The summed E-state index contributed by atoms with van der Waals surface area (Å²) in [6.07, 6.45) is 0.512. The number of benzene rings is 1. The molecule has 1 aromatic heterocycles. The Bertz CT molecular complexity index is 1010. The van der Waals surface area contributed by atoms with Gasteiger partial charge in [-0.25, -0.2) is 17.5 Å². The molecule has 2 aliphatic rings. The number of anilines is 2. The van der Waals surface area contributed by atoms with Crippen LogP contribution in [0, 0.1) is 12.7 Å². The number of piperazine rings is 1. The summed E-state index contributed by atoms with van der Waals surface area (Å²) in [5, 5.41) is 7.30. The number of rotatable bonds is 5. The van der Waals surface area contributed by atoms with Gasteiger partial charge in [0.1, 0.15) is 11.6 Å². The molecule has 162 valence electrons. The highest BCUT2D eigenvalue weighted by Gasteiger charge is 2.31. The van der Waals surface area contributed by atoms with Crippen molar-refractivity contribution in [2.24, 2.45) is 0 Å². The van der Waals surface area contributed by atoms with Crippen molar-refractivity contribution in [3.8, 4) is 0 Å². The quantitative estimate of drug-likeness (QED) is 0.765. The fourth-order valence-electron chi connectivity index (χ4n) is 4.06. The Morgan fingerprint density at radius 2 is 1.90 bits per heavy atom. The van der Waals surface area contributed by atoms with Gasteiger partial charge in [0.2, 0.25) is 5.91 Å². The van der Waals surface area contributed by atoms with Crippen LogP contribution in [0.2, 0.25) is 0 Å². The molecule has 30 heavy (non-hydrogen) atoms. The van der Waals surface area contributed by atoms with E-state index < -0.39 is 9.84 Å². The Balaban J connectivity index is 1.32. The summed E-state index contributed by atoms with van der Waals surface area (Å²) >= 11 is 0. The van der Waals surface area contributed by atoms with Crippen molar-refractivity contribution in [1.82, 2.24) is 14.7 Å². The van der Waals surface area contributed by atoms with Crippen LogP contribution in [-0.4, -0.2) is 73.2 Å². The lowest BCUT2D eigenvalue weighted by molar-refractivity contribution is -0.117. The van der Waals surface area contributed by atoms with Crippen LogP contribution in [0.25, 0.3) is 0 Å². The molecule has 4 rings (SSSR count). The third kappa shape index (κ3) is 4.81. The molecule has 2 fully saturated rings. The molecule has 0 saturated carbocycles. The van der Waals surface area contributed by atoms with Crippen LogP contribution in [-0.2, 0) is 14.6 Å². The summed E-state index contributed by atoms with van der Waals surface area (Å²) in [5.41, 5.74) is 1.72. The van der Waals surface area contributed by atoms with Crippen molar-refractivity contribution in [2.45, 2.75) is 19.4 Å². The maximum Gasteiger partial charge on any atom is 0.239 e. The van der Waals surface area contributed by atoms with E-state index in [-0.39, 0.29) is 35.8 Å². The number of nitrogens with zero attached hydrogens (tertiary/aromatic N) is 4. The molecular weight excluding hydrogens is 409 g/mol. The van der Waals surface area contributed by atoms with Crippen LogP contribution in [0.5, 0.6) is 0 Å². The summed E-state index contributed by atoms with van der Waals surface area (Å²) < 4.78 is 38.4. The zero-order valence-electron chi connectivity index (χ0n) is 16.9. The van der Waals surface area contributed by atoms with Crippen LogP contribution in [0.4, 0.5) is 15.9 Å². The number of hydrogen-bond donors (Lipinski definition) is 1. The summed E-state index contributed by atoms with van der Waals surface area (Å²) in [7, 11) is -3.04. The van der Waals surface area contributed by atoms with Crippen LogP contribution in [0.3, 0.4) is 0 Å². The summed E-state index contributed by atoms with van der Waals surface area (Å²) in [6, 6.07) is 7.98. The van der Waals surface area contributed by atoms with Gasteiger partial charge < -0.3 is 10.2 Å². The van der Waals surface area contributed by atoms with E-state index >= 15 is 0 Å². The van der Waals surface area contributed by atoms with Gasteiger partial charge in [-0.3, -0.25) is 9.69 Å². The number of aryl methyl sites for hydroxylation is 1. The second kappa shape index (κ2) is 8.35. The Morgan fingerprint density at radius 1 is 1.20 bits per heavy atom. The number of carbonyl (C=O) groups is 1. The van der Waals surface area contributed by atoms with Crippen molar-refractivity contribution in [2.75, 3.05) is 54.4 Å². The molecule has 1 atom stereocenters. The maximum atomic E-state index is 13.1. The number of sulfone groups is 1. The van der Waals surface area contributed by atoms with Gasteiger partial charge in [0.15, 0.2) is 9.84 Å². The number of halogens is 1. The molecule has 2 saturated heterocycles. The minimum atomic E-state index is -3.04. The Hall–Kier alpha value is -2.46. The van der Waals surface area contributed by atoms with Gasteiger partial charge in [0.25, 0.3) is 0 Å². The molecule has 2 aromatic rings. The van der Waals surface area contributed by atoms with Crippen LogP contribution in [0.15, 0.2) is 30.3 Å². The number of amides is 1. The Kier molecular flexibility index (Phi) is 5.79. The second-order valence-corrected chi connectivity index (χ2v) is 10.2. The molecule has 0 bridgehead atoms. The van der Waals surface area contributed by atoms with E-state index in [1.54, 1.807) is 22.9 Å². The minimum Gasteiger partial charge on any atom is -0.369 e.